The lowest BCUT2D eigenvalue weighted by Crippen LogP contribution is -3.09. The lowest BCUT2D eigenvalue weighted by molar-refractivity contribution is -0.885. The molecule has 0 aliphatic rings. The number of rotatable bonds is 6. The maximum Gasteiger partial charge on any atom is 0.275 e. The molecule has 1 heterocycles. The first-order valence-electron chi connectivity index (χ1n) is 7.25. The summed E-state index contributed by atoms with van der Waals surface area (Å²) in [5, 5.41) is 6.66. The number of nitrogens with zero attached hydrogens (tertiary/aromatic N) is 1. The SMILES string of the molecule is CC(C)NC(=O)C[NH+](C)Cc1csc(-c2ccc(Cl)cc2)n1. The maximum absolute atomic E-state index is 11.8. The molecule has 0 aliphatic carbocycles. The Bertz CT molecular complexity index is 625. The van der Waals surface area contributed by atoms with Crippen LogP contribution in [-0.2, 0) is 11.3 Å². The number of carbonyl (C=O) groups is 1. The van der Waals surface area contributed by atoms with Crippen molar-refractivity contribution < 1.29 is 9.69 Å². The molecule has 6 heteroatoms. The van der Waals surface area contributed by atoms with Gasteiger partial charge in [0.2, 0.25) is 0 Å². The van der Waals surface area contributed by atoms with Crippen LogP contribution in [0.25, 0.3) is 10.6 Å². The molecule has 0 saturated heterocycles. The van der Waals surface area contributed by atoms with Gasteiger partial charge in [0.1, 0.15) is 17.2 Å². The van der Waals surface area contributed by atoms with E-state index in [-0.39, 0.29) is 11.9 Å². The Morgan fingerprint density at radius 2 is 2.05 bits per heavy atom. The summed E-state index contributed by atoms with van der Waals surface area (Å²) in [6, 6.07) is 7.85. The standard InChI is InChI=1S/C16H20ClN3OS/c1-11(2)18-15(21)9-20(3)8-14-10-22-16(19-14)12-4-6-13(17)7-5-12/h4-7,10-11H,8-9H2,1-3H3,(H,18,21)/p+1. The van der Waals surface area contributed by atoms with E-state index in [2.05, 4.69) is 10.3 Å². The van der Waals surface area contributed by atoms with Gasteiger partial charge in [-0.05, 0) is 26.0 Å². The molecule has 1 unspecified atom stereocenters. The Labute approximate surface area is 140 Å². The third-order valence-corrected chi connectivity index (χ3v) is 4.23. The van der Waals surface area contributed by atoms with Gasteiger partial charge in [0.15, 0.2) is 6.54 Å². The smallest absolute Gasteiger partial charge is 0.275 e. The van der Waals surface area contributed by atoms with Crippen molar-refractivity contribution in [3.8, 4) is 10.6 Å². The van der Waals surface area contributed by atoms with Crippen molar-refractivity contribution in [3.05, 3.63) is 40.4 Å². The average Bonchev–Trinajstić information content (AvgIpc) is 2.86. The number of benzene rings is 1. The number of hydrogen-bond acceptors (Lipinski definition) is 3. The van der Waals surface area contributed by atoms with E-state index in [1.807, 2.05) is 50.5 Å². The molecule has 2 aromatic rings. The molecule has 0 radical (unpaired) electrons. The van der Waals surface area contributed by atoms with Gasteiger partial charge < -0.3 is 10.2 Å². The molecule has 22 heavy (non-hydrogen) atoms. The van der Waals surface area contributed by atoms with Gasteiger partial charge >= 0.3 is 0 Å². The van der Waals surface area contributed by atoms with Crippen molar-refractivity contribution in [3.63, 3.8) is 0 Å². The fourth-order valence-electron chi connectivity index (χ4n) is 2.13. The van der Waals surface area contributed by atoms with Crippen molar-refractivity contribution in [1.29, 1.82) is 0 Å². The van der Waals surface area contributed by atoms with Crippen molar-refractivity contribution in [1.82, 2.24) is 10.3 Å². The highest BCUT2D eigenvalue weighted by molar-refractivity contribution is 7.13. The molecular weight excluding hydrogens is 318 g/mol. The monoisotopic (exact) mass is 338 g/mol. The highest BCUT2D eigenvalue weighted by atomic mass is 35.5. The van der Waals surface area contributed by atoms with Crippen molar-refractivity contribution in [2.45, 2.75) is 26.4 Å². The van der Waals surface area contributed by atoms with Crippen LogP contribution < -0.4 is 10.2 Å². The van der Waals surface area contributed by atoms with Gasteiger partial charge in [0.25, 0.3) is 5.91 Å². The molecule has 1 aromatic carbocycles. The predicted octanol–water partition coefficient (Wildman–Crippen LogP) is 2.00. The van der Waals surface area contributed by atoms with E-state index in [0.29, 0.717) is 6.54 Å². The summed E-state index contributed by atoms with van der Waals surface area (Å²) in [6.07, 6.45) is 0. The van der Waals surface area contributed by atoms with E-state index >= 15 is 0 Å². The summed E-state index contributed by atoms with van der Waals surface area (Å²) >= 11 is 7.51. The largest absolute Gasteiger partial charge is 0.349 e. The zero-order valence-electron chi connectivity index (χ0n) is 13.0. The van der Waals surface area contributed by atoms with Crippen molar-refractivity contribution in [2.24, 2.45) is 0 Å². The van der Waals surface area contributed by atoms with Gasteiger partial charge in [-0.3, -0.25) is 4.79 Å². The third kappa shape index (κ3) is 5.09. The summed E-state index contributed by atoms with van der Waals surface area (Å²) in [4.78, 5) is 17.5. The van der Waals surface area contributed by atoms with Crippen LogP contribution in [0.4, 0.5) is 0 Å². The van der Waals surface area contributed by atoms with Crippen LogP contribution in [0.5, 0.6) is 0 Å². The number of halogens is 1. The van der Waals surface area contributed by atoms with E-state index in [9.17, 15) is 4.79 Å². The molecule has 0 saturated carbocycles. The van der Waals surface area contributed by atoms with E-state index in [0.717, 1.165) is 32.7 Å². The minimum Gasteiger partial charge on any atom is -0.349 e. The molecule has 1 amide bonds. The van der Waals surface area contributed by atoms with Gasteiger partial charge in [0, 0.05) is 22.0 Å². The molecule has 2 N–H and O–H groups in total. The molecule has 2 rings (SSSR count). The minimum absolute atomic E-state index is 0.0701. The molecule has 118 valence electrons. The lowest BCUT2D eigenvalue weighted by atomic mass is 10.2. The summed E-state index contributed by atoms with van der Waals surface area (Å²) in [5.74, 6) is 0.0701. The van der Waals surface area contributed by atoms with Crippen molar-refractivity contribution >= 4 is 28.8 Å². The molecule has 4 nitrogen and oxygen atoms in total. The second-order valence-electron chi connectivity index (χ2n) is 5.68. The van der Waals surface area contributed by atoms with Gasteiger partial charge in [-0.15, -0.1) is 11.3 Å². The van der Waals surface area contributed by atoms with Crippen LogP contribution >= 0.6 is 22.9 Å². The first-order chi connectivity index (χ1) is 10.4. The summed E-state index contributed by atoms with van der Waals surface area (Å²) in [7, 11) is 2.00. The average molecular weight is 339 g/mol. The van der Waals surface area contributed by atoms with Crippen LogP contribution in [0.3, 0.4) is 0 Å². The Balaban J connectivity index is 1.94. The Kier molecular flexibility index (Phi) is 5.94. The number of amides is 1. The van der Waals surface area contributed by atoms with Crippen LogP contribution in [0.1, 0.15) is 19.5 Å². The van der Waals surface area contributed by atoms with E-state index < -0.39 is 0 Å². The van der Waals surface area contributed by atoms with Crippen LogP contribution in [0, 0.1) is 0 Å². The van der Waals surface area contributed by atoms with Gasteiger partial charge in [-0.25, -0.2) is 4.98 Å². The Morgan fingerprint density at radius 3 is 2.68 bits per heavy atom. The topological polar surface area (TPSA) is 46.4 Å². The Hall–Kier alpha value is -1.43. The second kappa shape index (κ2) is 7.72. The Morgan fingerprint density at radius 1 is 1.36 bits per heavy atom. The fourth-order valence-corrected chi connectivity index (χ4v) is 3.08. The highest BCUT2D eigenvalue weighted by Gasteiger charge is 2.13. The number of likely N-dealkylation sites (N-methyl/N-ethyl adjacent to an activating group) is 1. The molecule has 0 spiro atoms. The number of carbonyl (C=O) groups excluding carboxylic acids is 1. The normalized spacial score (nSPS) is 12.4. The number of aromatic nitrogens is 1. The van der Waals surface area contributed by atoms with Crippen LogP contribution in [0.2, 0.25) is 5.02 Å². The summed E-state index contributed by atoms with van der Waals surface area (Å²) in [6.45, 7) is 5.11. The molecule has 1 atom stereocenters. The molecule has 1 aromatic heterocycles. The summed E-state index contributed by atoms with van der Waals surface area (Å²) < 4.78 is 0. The molecule has 0 bridgehead atoms. The van der Waals surface area contributed by atoms with Gasteiger partial charge in [-0.1, -0.05) is 23.7 Å². The van der Waals surface area contributed by atoms with E-state index in [1.165, 1.54) is 0 Å². The number of quaternary nitrogens is 1. The van der Waals surface area contributed by atoms with Crippen LogP contribution in [-0.4, -0.2) is 30.5 Å². The molecular formula is C16H21ClN3OS+. The zero-order chi connectivity index (χ0) is 16.1. The number of hydrogen-bond donors (Lipinski definition) is 2. The van der Waals surface area contributed by atoms with E-state index in [4.69, 9.17) is 11.6 Å². The number of thiazole rings is 1. The molecule has 0 aliphatic heterocycles. The maximum atomic E-state index is 11.8. The lowest BCUT2D eigenvalue weighted by Gasteiger charge is -2.13. The zero-order valence-corrected chi connectivity index (χ0v) is 14.6. The predicted molar refractivity (Wildman–Crippen MR) is 91.3 cm³/mol. The minimum atomic E-state index is 0.0701. The van der Waals surface area contributed by atoms with Gasteiger partial charge in [-0.2, -0.15) is 0 Å². The molecule has 0 fully saturated rings. The van der Waals surface area contributed by atoms with Crippen molar-refractivity contribution in [2.75, 3.05) is 13.6 Å². The number of nitrogens with one attached hydrogen (secondary N) is 2. The first kappa shape index (κ1) is 16.9. The highest BCUT2D eigenvalue weighted by Crippen LogP contribution is 2.24. The first-order valence-corrected chi connectivity index (χ1v) is 8.51. The quantitative estimate of drug-likeness (QED) is 0.846. The van der Waals surface area contributed by atoms with E-state index in [1.54, 1.807) is 11.3 Å². The summed E-state index contributed by atoms with van der Waals surface area (Å²) in [5.41, 5.74) is 2.07. The second-order valence-corrected chi connectivity index (χ2v) is 6.98. The van der Waals surface area contributed by atoms with Gasteiger partial charge in [0.05, 0.1) is 7.05 Å². The third-order valence-electron chi connectivity index (χ3n) is 3.04. The fraction of sp³-hybridized carbons (Fsp3) is 0.375. The van der Waals surface area contributed by atoms with Crippen LogP contribution in [0.15, 0.2) is 29.6 Å².